The van der Waals surface area contributed by atoms with Crippen LogP contribution >= 0.6 is 27.3 Å². The minimum Gasteiger partial charge on any atom is -0.496 e. The highest BCUT2D eigenvalue weighted by atomic mass is 79.9. The molecule has 1 aromatic heterocycles. The highest BCUT2D eigenvalue weighted by molar-refractivity contribution is 9.10. The molecule has 0 spiro atoms. The molecule has 2 aromatic rings. The quantitative estimate of drug-likeness (QED) is 0.939. The van der Waals surface area contributed by atoms with Gasteiger partial charge in [-0.3, -0.25) is 0 Å². The second-order valence-electron chi connectivity index (χ2n) is 3.31. The normalized spacial score (nSPS) is 10.4. The molecule has 4 heteroatoms. The van der Waals surface area contributed by atoms with Gasteiger partial charge < -0.3 is 10.5 Å². The van der Waals surface area contributed by atoms with Crippen LogP contribution in [0.25, 0.3) is 10.4 Å². The summed E-state index contributed by atoms with van der Waals surface area (Å²) in [5.74, 6) is 0.883. The van der Waals surface area contributed by atoms with Gasteiger partial charge in [-0.05, 0) is 30.3 Å². The second-order valence-corrected chi connectivity index (χ2v) is 5.40. The Morgan fingerprint density at radius 3 is 2.75 bits per heavy atom. The van der Waals surface area contributed by atoms with Crippen molar-refractivity contribution in [2.24, 2.45) is 5.73 Å². The first-order valence-electron chi connectivity index (χ1n) is 4.87. The number of nitrogens with two attached hydrogens (primary N) is 1. The summed E-state index contributed by atoms with van der Waals surface area (Å²) in [6.07, 6.45) is 0. The summed E-state index contributed by atoms with van der Waals surface area (Å²) in [7, 11) is 1.68. The molecule has 1 heterocycles. The van der Waals surface area contributed by atoms with Crippen molar-refractivity contribution in [3.63, 3.8) is 0 Å². The summed E-state index contributed by atoms with van der Waals surface area (Å²) in [6, 6.07) is 10.1. The van der Waals surface area contributed by atoms with Gasteiger partial charge in [-0.25, -0.2) is 0 Å². The van der Waals surface area contributed by atoms with Gasteiger partial charge in [0.25, 0.3) is 0 Å². The fraction of sp³-hybridized carbons (Fsp3) is 0.167. The van der Waals surface area contributed by atoms with Gasteiger partial charge in [-0.2, -0.15) is 0 Å². The maximum Gasteiger partial charge on any atom is 0.127 e. The van der Waals surface area contributed by atoms with Gasteiger partial charge in [0, 0.05) is 26.3 Å². The van der Waals surface area contributed by atoms with E-state index in [-0.39, 0.29) is 0 Å². The van der Waals surface area contributed by atoms with Gasteiger partial charge in [-0.1, -0.05) is 15.9 Å². The number of hydrogen-bond acceptors (Lipinski definition) is 3. The minimum absolute atomic E-state index is 0.584. The predicted octanol–water partition coefficient (Wildman–Crippen LogP) is 3.64. The van der Waals surface area contributed by atoms with Gasteiger partial charge in [0.05, 0.1) is 7.11 Å². The third-order valence-corrected chi connectivity index (χ3v) is 3.92. The fourth-order valence-electron chi connectivity index (χ4n) is 1.51. The Labute approximate surface area is 107 Å². The summed E-state index contributed by atoms with van der Waals surface area (Å²) in [6.45, 7) is 0.584. The molecule has 2 rings (SSSR count). The number of hydrogen-bond donors (Lipinski definition) is 1. The van der Waals surface area contributed by atoms with Crippen LogP contribution in [0, 0.1) is 0 Å². The van der Waals surface area contributed by atoms with Gasteiger partial charge in [-0.15, -0.1) is 11.3 Å². The standard InChI is InChI=1S/C12H12BrNOS/c1-15-11-4-2-8(13)6-10(11)12-5-3-9(7-14)16-12/h2-6H,7,14H2,1H3. The van der Waals surface area contributed by atoms with Gasteiger partial charge in [0.15, 0.2) is 0 Å². The van der Waals surface area contributed by atoms with Crippen LogP contribution in [0.3, 0.4) is 0 Å². The lowest BCUT2D eigenvalue weighted by Crippen LogP contribution is -1.91. The topological polar surface area (TPSA) is 35.2 Å². The zero-order valence-corrected chi connectivity index (χ0v) is 11.3. The molecule has 0 radical (unpaired) electrons. The monoisotopic (exact) mass is 297 g/mol. The van der Waals surface area contributed by atoms with Crippen molar-refractivity contribution in [3.8, 4) is 16.2 Å². The summed E-state index contributed by atoms with van der Waals surface area (Å²) in [4.78, 5) is 2.36. The molecule has 0 saturated heterocycles. The molecule has 0 saturated carbocycles. The molecule has 0 atom stereocenters. The average Bonchev–Trinajstić information content (AvgIpc) is 2.77. The van der Waals surface area contributed by atoms with Crippen LogP contribution in [-0.4, -0.2) is 7.11 Å². The summed E-state index contributed by atoms with van der Waals surface area (Å²) in [5.41, 5.74) is 6.71. The first-order chi connectivity index (χ1) is 7.74. The Bertz CT molecular complexity index is 496. The minimum atomic E-state index is 0.584. The molecule has 0 amide bonds. The number of halogens is 1. The van der Waals surface area contributed by atoms with E-state index in [1.54, 1.807) is 18.4 Å². The third-order valence-electron chi connectivity index (χ3n) is 2.29. The molecule has 0 fully saturated rings. The molecule has 16 heavy (non-hydrogen) atoms. The number of rotatable bonds is 3. The van der Waals surface area contributed by atoms with Crippen LogP contribution in [-0.2, 0) is 6.54 Å². The molecular weight excluding hydrogens is 286 g/mol. The summed E-state index contributed by atoms with van der Waals surface area (Å²) < 4.78 is 6.40. The molecule has 2 N–H and O–H groups in total. The Morgan fingerprint density at radius 2 is 2.12 bits per heavy atom. The van der Waals surface area contributed by atoms with E-state index in [0.717, 1.165) is 15.8 Å². The number of ether oxygens (including phenoxy) is 1. The molecule has 2 nitrogen and oxygen atoms in total. The summed E-state index contributed by atoms with van der Waals surface area (Å²) >= 11 is 5.17. The maximum atomic E-state index is 5.61. The van der Waals surface area contributed by atoms with E-state index in [1.165, 1.54) is 9.75 Å². The van der Waals surface area contributed by atoms with E-state index in [1.807, 2.05) is 12.1 Å². The molecule has 0 aliphatic heterocycles. The zero-order chi connectivity index (χ0) is 11.5. The number of thiophene rings is 1. The molecule has 84 valence electrons. The Balaban J connectivity index is 2.49. The van der Waals surface area contributed by atoms with Crippen molar-refractivity contribution < 1.29 is 4.74 Å². The van der Waals surface area contributed by atoms with Crippen molar-refractivity contribution in [2.45, 2.75) is 6.54 Å². The predicted molar refractivity (Wildman–Crippen MR) is 71.9 cm³/mol. The van der Waals surface area contributed by atoms with Crippen LogP contribution in [0.2, 0.25) is 0 Å². The van der Waals surface area contributed by atoms with E-state index >= 15 is 0 Å². The van der Waals surface area contributed by atoms with Crippen LogP contribution in [0.5, 0.6) is 5.75 Å². The smallest absolute Gasteiger partial charge is 0.127 e. The Hall–Kier alpha value is -0.840. The van der Waals surface area contributed by atoms with Gasteiger partial charge in [0.1, 0.15) is 5.75 Å². The molecule has 0 unspecified atom stereocenters. The van der Waals surface area contributed by atoms with E-state index in [2.05, 4.69) is 34.1 Å². The largest absolute Gasteiger partial charge is 0.496 e. The Morgan fingerprint density at radius 1 is 1.31 bits per heavy atom. The van der Waals surface area contributed by atoms with E-state index < -0.39 is 0 Å². The molecule has 0 bridgehead atoms. The molecular formula is C12H12BrNOS. The van der Waals surface area contributed by atoms with Crippen molar-refractivity contribution in [1.29, 1.82) is 0 Å². The van der Waals surface area contributed by atoms with Crippen molar-refractivity contribution in [1.82, 2.24) is 0 Å². The van der Waals surface area contributed by atoms with Crippen molar-refractivity contribution >= 4 is 27.3 Å². The highest BCUT2D eigenvalue weighted by Gasteiger charge is 2.08. The highest BCUT2D eigenvalue weighted by Crippen LogP contribution is 2.36. The lowest BCUT2D eigenvalue weighted by atomic mass is 10.1. The maximum absolute atomic E-state index is 5.61. The first kappa shape index (κ1) is 11.6. The van der Waals surface area contributed by atoms with E-state index in [0.29, 0.717) is 6.54 Å². The van der Waals surface area contributed by atoms with Crippen LogP contribution in [0.4, 0.5) is 0 Å². The lowest BCUT2D eigenvalue weighted by molar-refractivity contribution is 0.416. The second kappa shape index (κ2) is 4.99. The first-order valence-corrected chi connectivity index (χ1v) is 6.48. The van der Waals surface area contributed by atoms with Crippen LogP contribution in [0.15, 0.2) is 34.8 Å². The third kappa shape index (κ3) is 2.29. The molecule has 1 aromatic carbocycles. The van der Waals surface area contributed by atoms with E-state index in [9.17, 15) is 0 Å². The van der Waals surface area contributed by atoms with Crippen molar-refractivity contribution in [3.05, 3.63) is 39.7 Å². The fourth-order valence-corrected chi connectivity index (χ4v) is 2.77. The van der Waals surface area contributed by atoms with Crippen molar-refractivity contribution in [2.75, 3.05) is 7.11 Å². The SMILES string of the molecule is COc1ccc(Br)cc1-c1ccc(CN)s1. The molecule has 0 aliphatic rings. The van der Waals surface area contributed by atoms with Crippen LogP contribution in [0.1, 0.15) is 4.88 Å². The van der Waals surface area contributed by atoms with Gasteiger partial charge in [0.2, 0.25) is 0 Å². The zero-order valence-electron chi connectivity index (χ0n) is 8.87. The lowest BCUT2D eigenvalue weighted by Gasteiger charge is -2.06. The number of benzene rings is 1. The summed E-state index contributed by atoms with van der Waals surface area (Å²) in [5, 5.41) is 0. The van der Waals surface area contributed by atoms with Crippen LogP contribution < -0.4 is 10.5 Å². The average molecular weight is 298 g/mol. The molecule has 0 aliphatic carbocycles. The van der Waals surface area contributed by atoms with E-state index in [4.69, 9.17) is 10.5 Å². The Kier molecular flexibility index (Phi) is 3.63. The van der Waals surface area contributed by atoms with Gasteiger partial charge >= 0.3 is 0 Å². The number of methoxy groups -OCH3 is 1.